The minimum absolute atomic E-state index is 0.0947. The number of hydrogen-bond acceptors (Lipinski definition) is 6. The van der Waals surface area contributed by atoms with Gasteiger partial charge in [-0.25, -0.2) is 0 Å². The van der Waals surface area contributed by atoms with Crippen LogP contribution in [0.3, 0.4) is 0 Å². The molecule has 0 spiro atoms. The number of hydrogen-bond donors (Lipinski definition) is 0. The average Bonchev–Trinajstić information content (AvgIpc) is 3.39. The fourth-order valence-corrected chi connectivity index (χ4v) is 3.80. The largest absolute Gasteiger partial charge is 0.497 e. The van der Waals surface area contributed by atoms with E-state index in [2.05, 4.69) is 22.3 Å². The molecule has 0 N–H and O–H groups in total. The molecule has 0 radical (unpaired) electrons. The van der Waals surface area contributed by atoms with Crippen LogP contribution in [-0.4, -0.2) is 34.6 Å². The standard InChI is InChI=1S/C22H25N3O4/c1-27-17-10-8-16(9-11-17)18-6-3-2-4-14-25(18)21(26)13-12-20-23-22(24-29-20)19-7-5-15-28-19/h5,7-11,15,18H,2-4,6,12-14H2,1H3. The molecule has 7 nitrogen and oxygen atoms in total. The molecular weight excluding hydrogens is 370 g/mol. The highest BCUT2D eigenvalue weighted by Crippen LogP contribution is 2.31. The zero-order valence-electron chi connectivity index (χ0n) is 16.5. The molecule has 3 heterocycles. The minimum Gasteiger partial charge on any atom is -0.497 e. The number of rotatable bonds is 6. The van der Waals surface area contributed by atoms with Crippen LogP contribution in [0.2, 0.25) is 0 Å². The van der Waals surface area contributed by atoms with E-state index in [0.717, 1.165) is 43.5 Å². The van der Waals surface area contributed by atoms with Crippen molar-refractivity contribution >= 4 is 5.91 Å². The predicted molar refractivity (Wildman–Crippen MR) is 106 cm³/mol. The lowest BCUT2D eigenvalue weighted by Crippen LogP contribution is -2.35. The second kappa shape index (κ2) is 8.94. The van der Waals surface area contributed by atoms with E-state index in [1.54, 1.807) is 25.5 Å². The van der Waals surface area contributed by atoms with Gasteiger partial charge >= 0.3 is 0 Å². The second-order valence-electron chi connectivity index (χ2n) is 7.21. The van der Waals surface area contributed by atoms with Gasteiger partial charge in [-0.15, -0.1) is 0 Å². The summed E-state index contributed by atoms with van der Waals surface area (Å²) in [6.07, 6.45) is 6.59. The molecule has 1 fully saturated rings. The molecule has 1 aliphatic rings. The number of methoxy groups -OCH3 is 1. The van der Waals surface area contributed by atoms with Crippen molar-refractivity contribution in [2.24, 2.45) is 0 Å². The van der Waals surface area contributed by atoms with Gasteiger partial charge in [0.25, 0.3) is 0 Å². The van der Waals surface area contributed by atoms with Crippen LogP contribution in [-0.2, 0) is 11.2 Å². The van der Waals surface area contributed by atoms with Crippen molar-refractivity contribution in [1.82, 2.24) is 15.0 Å². The first-order valence-electron chi connectivity index (χ1n) is 10.0. The van der Waals surface area contributed by atoms with Gasteiger partial charge in [-0.3, -0.25) is 4.79 Å². The number of likely N-dealkylation sites (tertiary alicyclic amines) is 1. The Morgan fingerprint density at radius 1 is 1.21 bits per heavy atom. The molecule has 29 heavy (non-hydrogen) atoms. The zero-order chi connectivity index (χ0) is 20.1. The van der Waals surface area contributed by atoms with Crippen molar-refractivity contribution in [3.8, 4) is 17.3 Å². The summed E-state index contributed by atoms with van der Waals surface area (Å²) in [4.78, 5) is 19.4. The summed E-state index contributed by atoms with van der Waals surface area (Å²) < 4.78 is 15.8. The number of nitrogens with zero attached hydrogens (tertiary/aromatic N) is 3. The molecule has 1 unspecified atom stereocenters. The van der Waals surface area contributed by atoms with Crippen molar-refractivity contribution in [1.29, 1.82) is 0 Å². The molecule has 1 amide bonds. The van der Waals surface area contributed by atoms with Gasteiger partial charge in [-0.05, 0) is 42.7 Å². The third kappa shape index (κ3) is 4.50. The Labute approximate surface area is 169 Å². The first-order valence-corrected chi connectivity index (χ1v) is 10.0. The van der Waals surface area contributed by atoms with E-state index in [0.29, 0.717) is 30.3 Å². The van der Waals surface area contributed by atoms with Gasteiger partial charge in [-0.1, -0.05) is 30.1 Å². The summed E-state index contributed by atoms with van der Waals surface area (Å²) in [5.41, 5.74) is 1.15. The number of aryl methyl sites for hydroxylation is 1. The van der Waals surface area contributed by atoms with Gasteiger partial charge in [0.1, 0.15) is 5.75 Å². The van der Waals surface area contributed by atoms with E-state index >= 15 is 0 Å². The summed E-state index contributed by atoms with van der Waals surface area (Å²) in [6, 6.07) is 11.7. The molecular formula is C22H25N3O4. The molecule has 4 rings (SSSR count). The molecule has 3 aromatic rings. The Morgan fingerprint density at radius 3 is 2.83 bits per heavy atom. The highest BCUT2D eigenvalue weighted by Gasteiger charge is 2.27. The number of furan rings is 1. The molecule has 0 saturated carbocycles. The normalized spacial score (nSPS) is 17.1. The van der Waals surface area contributed by atoms with E-state index in [-0.39, 0.29) is 11.9 Å². The van der Waals surface area contributed by atoms with Crippen LogP contribution >= 0.6 is 0 Å². The van der Waals surface area contributed by atoms with Gasteiger partial charge in [0, 0.05) is 19.4 Å². The fraction of sp³-hybridized carbons (Fsp3) is 0.409. The lowest BCUT2D eigenvalue weighted by Gasteiger charge is -2.30. The first-order chi connectivity index (χ1) is 14.2. The molecule has 7 heteroatoms. The van der Waals surface area contributed by atoms with Crippen LogP contribution < -0.4 is 4.74 Å². The Bertz CT molecular complexity index is 918. The SMILES string of the molecule is COc1ccc(C2CCCCCN2C(=O)CCc2nc(-c3ccco3)no2)cc1. The Morgan fingerprint density at radius 2 is 2.07 bits per heavy atom. The van der Waals surface area contributed by atoms with E-state index < -0.39 is 0 Å². The average molecular weight is 395 g/mol. The van der Waals surface area contributed by atoms with Crippen molar-refractivity contribution in [2.45, 2.75) is 44.6 Å². The van der Waals surface area contributed by atoms with Crippen molar-refractivity contribution < 1.29 is 18.5 Å². The molecule has 0 aliphatic carbocycles. The maximum Gasteiger partial charge on any atom is 0.238 e. The monoisotopic (exact) mass is 395 g/mol. The fourth-order valence-electron chi connectivity index (χ4n) is 3.80. The van der Waals surface area contributed by atoms with Gasteiger partial charge in [0.2, 0.25) is 17.6 Å². The smallest absolute Gasteiger partial charge is 0.238 e. The van der Waals surface area contributed by atoms with Crippen LogP contribution in [0.25, 0.3) is 11.6 Å². The van der Waals surface area contributed by atoms with Crippen LogP contribution in [0, 0.1) is 0 Å². The first kappa shape index (κ1) is 19.2. The molecule has 2 aromatic heterocycles. The minimum atomic E-state index is 0.0947. The Balaban J connectivity index is 1.43. The highest BCUT2D eigenvalue weighted by molar-refractivity contribution is 5.77. The Kier molecular flexibility index (Phi) is 5.93. The molecule has 1 atom stereocenters. The lowest BCUT2D eigenvalue weighted by molar-refractivity contribution is -0.133. The quantitative estimate of drug-likeness (QED) is 0.615. The third-order valence-corrected chi connectivity index (χ3v) is 5.34. The Hall–Kier alpha value is -3.09. The molecule has 1 aliphatic heterocycles. The van der Waals surface area contributed by atoms with Crippen LogP contribution in [0.1, 0.15) is 49.6 Å². The third-order valence-electron chi connectivity index (χ3n) is 5.34. The summed E-state index contributed by atoms with van der Waals surface area (Å²) >= 11 is 0. The summed E-state index contributed by atoms with van der Waals surface area (Å²) in [6.45, 7) is 0.775. The summed E-state index contributed by atoms with van der Waals surface area (Å²) in [5.74, 6) is 2.34. The van der Waals surface area contributed by atoms with Crippen molar-refractivity contribution in [3.05, 3.63) is 54.1 Å². The predicted octanol–water partition coefficient (Wildman–Crippen LogP) is 4.41. The maximum absolute atomic E-state index is 13.1. The van der Waals surface area contributed by atoms with E-state index in [1.165, 1.54) is 0 Å². The number of amides is 1. The zero-order valence-corrected chi connectivity index (χ0v) is 16.5. The number of benzene rings is 1. The number of ether oxygens (including phenoxy) is 1. The van der Waals surface area contributed by atoms with E-state index in [9.17, 15) is 4.79 Å². The van der Waals surface area contributed by atoms with Gasteiger partial charge < -0.3 is 18.6 Å². The molecule has 152 valence electrons. The van der Waals surface area contributed by atoms with Crippen LogP contribution in [0.15, 0.2) is 51.6 Å². The van der Waals surface area contributed by atoms with Gasteiger partial charge in [0.05, 0.1) is 19.4 Å². The van der Waals surface area contributed by atoms with Gasteiger partial charge in [-0.2, -0.15) is 4.98 Å². The number of carbonyl (C=O) groups is 1. The molecule has 0 bridgehead atoms. The number of carbonyl (C=O) groups excluding carboxylic acids is 1. The highest BCUT2D eigenvalue weighted by atomic mass is 16.5. The molecule has 1 saturated heterocycles. The summed E-state index contributed by atoms with van der Waals surface area (Å²) in [5, 5.41) is 3.93. The maximum atomic E-state index is 13.1. The van der Waals surface area contributed by atoms with E-state index in [4.69, 9.17) is 13.7 Å². The molecule has 1 aromatic carbocycles. The van der Waals surface area contributed by atoms with Crippen molar-refractivity contribution in [2.75, 3.05) is 13.7 Å². The summed E-state index contributed by atoms with van der Waals surface area (Å²) in [7, 11) is 1.66. The van der Waals surface area contributed by atoms with Crippen LogP contribution in [0.5, 0.6) is 5.75 Å². The number of aromatic nitrogens is 2. The van der Waals surface area contributed by atoms with E-state index in [1.807, 2.05) is 17.0 Å². The lowest BCUT2D eigenvalue weighted by atomic mass is 10.00. The van der Waals surface area contributed by atoms with Crippen LogP contribution in [0.4, 0.5) is 0 Å². The van der Waals surface area contributed by atoms with Crippen molar-refractivity contribution in [3.63, 3.8) is 0 Å². The second-order valence-corrected chi connectivity index (χ2v) is 7.21. The topological polar surface area (TPSA) is 81.6 Å². The van der Waals surface area contributed by atoms with Gasteiger partial charge in [0.15, 0.2) is 5.76 Å².